The van der Waals surface area contributed by atoms with Gasteiger partial charge in [0.05, 0.1) is 11.3 Å². The molecule has 32 heavy (non-hydrogen) atoms. The summed E-state index contributed by atoms with van der Waals surface area (Å²) < 4.78 is 0.760. The highest BCUT2D eigenvalue weighted by Gasteiger charge is 2.25. The number of thioether (sulfide) groups is 2. The Hall–Kier alpha value is -2.56. The van der Waals surface area contributed by atoms with Crippen LogP contribution in [0.25, 0.3) is 0 Å². The average molecular weight is 486 g/mol. The minimum atomic E-state index is -0.0735. The average Bonchev–Trinajstić information content (AvgIpc) is 3.32. The fraction of sp³-hybridized carbons (Fsp3) is 0.273. The monoisotopic (exact) mass is 485 g/mol. The first-order valence-corrected chi connectivity index (χ1v) is 13.1. The van der Waals surface area contributed by atoms with E-state index in [1.165, 1.54) is 23.1 Å². The minimum absolute atomic E-state index is 0.0735. The molecule has 0 bridgehead atoms. The Morgan fingerprint density at radius 3 is 2.47 bits per heavy atom. The number of carbonyl (C=O) groups excluding carboxylic acids is 2. The zero-order valence-corrected chi connectivity index (χ0v) is 20.0. The van der Waals surface area contributed by atoms with Crippen molar-refractivity contribution in [1.82, 2.24) is 15.1 Å². The first kappa shape index (κ1) is 22.6. The van der Waals surface area contributed by atoms with Crippen molar-refractivity contribution in [2.24, 2.45) is 0 Å². The fourth-order valence-electron chi connectivity index (χ4n) is 3.33. The second kappa shape index (κ2) is 10.8. The zero-order valence-electron chi connectivity index (χ0n) is 17.6. The van der Waals surface area contributed by atoms with Gasteiger partial charge in [0.25, 0.3) is 5.91 Å². The van der Waals surface area contributed by atoms with Gasteiger partial charge in [0.15, 0.2) is 4.34 Å². The summed E-state index contributed by atoms with van der Waals surface area (Å²) in [5.41, 5.74) is 1.54. The van der Waals surface area contributed by atoms with E-state index < -0.39 is 0 Å². The van der Waals surface area contributed by atoms with E-state index in [1.54, 1.807) is 11.8 Å². The highest BCUT2D eigenvalue weighted by molar-refractivity contribution is 8.01. The van der Waals surface area contributed by atoms with Crippen LogP contribution < -0.4 is 10.2 Å². The molecular weight excluding hydrogens is 462 g/mol. The quantitative estimate of drug-likeness (QED) is 0.508. The lowest BCUT2D eigenvalue weighted by Gasteiger charge is -2.34. The number of rotatable bonds is 7. The number of hydrogen-bond acceptors (Lipinski definition) is 8. The highest BCUT2D eigenvalue weighted by Crippen LogP contribution is 2.29. The van der Waals surface area contributed by atoms with Crippen molar-refractivity contribution >= 4 is 57.5 Å². The summed E-state index contributed by atoms with van der Waals surface area (Å²) in [6.07, 6.45) is 1.99. The van der Waals surface area contributed by atoms with Gasteiger partial charge in [-0.1, -0.05) is 53.4 Å². The summed E-state index contributed by atoms with van der Waals surface area (Å²) in [5.74, 6) is 0.281. The lowest BCUT2D eigenvalue weighted by Crippen LogP contribution is -2.48. The molecule has 0 saturated carbocycles. The van der Waals surface area contributed by atoms with Crippen LogP contribution in [0.2, 0.25) is 0 Å². The van der Waals surface area contributed by atoms with Crippen molar-refractivity contribution in [3.63, 3.8) is 0 Å². The van der Waals surface area contributed by atoms with Crippen LogP contribution in [-0.4, -0.2) is 65.1 Å². The highest BCUT2D eigenvalue weighted by atomic mass is 32.2. The van der Waals surface area contributed by atoms with Crippen LogP contribution in [0.3, 0.4) is 0 Å². The Bertz CT molecular complexity index is 1070. The molecule has 1 aromatic heterocycles. The van der Waals surface area contributed by atoms with E-state index in [-0.39, 0.29) is 17.6 Å². The van der Waals surface area contributed by atoms with Gasteiger partial charge in [0, 0.05) is 36.8 Å². The largest absolute Gasteiger partial charge is 0.343 e. The third-order valence-corrected chi connectivity index (χ3v) is 7.87. The van der Waals surface area contributed by atoms with E-state index in [2.05, 4.69) is 20.4 Å². The Morgan fingerprint density at radius 1 is 1.00 bits per heavy atom. The molecule has 0 radical (unpaired) electrons. The SMILES string of the molecule is CSc1ccccc1C(=O)N1CCN(c2nnc(SCC(=O)Nc3ccccc3)s2)CC1. The van der Waals surface area contributed by atoms with Crippen LogP contribution >= 0.6 is 34.9 Å². The van der Waals surface area contributed by atoms with E-state index in [4.69, 9.17) is 0 Å². The zero-order chi connectivity index (χ0) is 22.3. The van der Waals surface area contributed by atoms with Crippen LogP contribution in [0.15, 0.2) is 63.8 Å². The molecule has 10 heteroatoms. The van der Waals surface area contributed by atoms with E-state index in [9.17, 15) is 9.59 Å². The number of amides is 2. The van der Waals surface area contributed by atoms with Crippen LogP contribution in [0.1, 0.15) is 10.4 Å². The number of piperazine rings is 1. The number of para-hydroxylation sites is 1. The molecule has 1 saturated heterocycles. The third kappa shape index (κ3) is 5.62. The molecule has 1 N–H and O–H groups in total. The summed E-state index contributed by atoms with van der Waals surface area (Å²) in [6.45, 7) is 2.70. The molecule has 0 spiro atoms. The van der Waals surface area contributed by atoms with Crippen molar-refractivity contribution < 1.29 is 9.59 Å². The number of carbonyl (C=O) groups is 2. The Morgan fingerprint density at radius 2 is 1.72 bits per heavy atom. The molecule has 166 valence electrons. The molecule has 1 fully saturated rings. The summed E-state index contributed by atoms with van der Waals surface area (Å²) >= 11 is 4.45. The number of aromatic nitrogens is 2. The molecule has 1 aliphatic heterocycles. The van der Waals surface area contributed by atoms with Crippen LogP contribution in [-0.2, 0) is 4.79 Å². The topological polar surface area (TPSA) is 78.4 Å². The second-order valence-electron chi connectivity index (χ2n) is 7.03. The molecule has 0 unspecified atom stereocenters. The van der Waals surface area contributed by atoms with Gasteiger partial charge < -0.3 is 15.1 Å². The normalized spacial score (nSPS) is 13.8. The second-order valence-corrected chi connectivity index (χ2v) is 10.1. The Kier molecular flexibility index (Phi) is 7.67. The number of anilines is 2. The first-order valence-electron chi connectivity index (χ1n) is 10.1. The maximum absolute atomic E-state index is 12.9. The van der Waals surface area contributed by atoms with Crippen LogP contribution in [0, 0.1) is 0 Å². The Labute approximate surface area is 199 Å². The first-order chi connectivity index (χ1) is 15.6. The molecule has 7 nitrogen and oxygen atoms in total. The van der Waals surface area contributed by atoms with Crippen molar-refractivity contribution in [3.8, 4) is 0 Å². The number of hydrogen-bond donors (Lipinski definition) is 1. The van der Waals surface area contributed by atoms with E-state index in [0.717, 1.165) is 25.6 Å². The number of benzene rings is 2. The predicted octanol–water partition coefficient (Wildman–Crippen LogP) is 3.95. The summed E-state index contributed by atoms with van der Waals surface area (Å²) in [4.78, 5) is 30.1. The van der Waals surface area contributed by atoms with Gasteiger partial charge in [0.2, 0.25) is 11.0 Å². The van der Waals surface area contributed by atoms with E-state index in [0.29, 0.717) is 26.2 Å². The molecule has 0 aliphatic carbocycles. The number of nitrogens with one attached hydrogen (secondary N) is 1. The van der Waals surface area contributed by atoms with Gasteiger partial charge in [-0.05, 0) is 30.5 Å². The summed E-state index contributed by atoms with van der Waals surface area (Å²) in [6, 6.07) is 17.1. The van der Waals surface area contributed by atoms with Crippen molar-refractivity contribution in [2.45, 2.75) is 9.24 Å². The molecule has 0 atom stereocenters. The van der Waals surface area contributed by atoms with Crippen LogP contribution in [0.4, 0.5) is 10.8 Å². The van der Waals surface area contributed by atoms with Crippen LogP contribution in [0.5, 0.6) is 0 Å². The Balaban J connectivity index is 1.27. The van der Waals surface area contributed by atoms with Gasteiger partial charge >= 0.3 is 0 Å². The molecule has 1 aliphatic rings. The maximum atomic E-state index is 12.9. The molecular formula is C22H23N5O2S3. The van der Waals surface area contributed by atoms with E-state index >= 15 is 0 Å². The summed E-state index contributed by atoms with van der Waals surface area (Å²) in [5, 5.41) is 12.2. The smallest absolute Gasteiger partial charge is 0.255 e. The van der Waals surface area contributed by atoms with Gasteiger partial charge in [0.1, 0.15) is 0 Å². The lowest BCUT2D eigenvalue weighted by molar-refractivity contribution is -0.113. The van der Waals surface area contributed by atoms with Gasteiger partial charge in [-0.15, -0.1) is 22.0 Å². The standard InChI is InChI=1S/C22H23N5O2S3/c1-30-18-10-6-5-9-17(18)20(29)26-11-13-27(14-12-26)21-24-25-22(32-21)31-15-19(28)23-16-7-3-2-4-8-16/h2-10H,11-15H2,1H3,(H,23,28). The molecule has 2 heterocycles. The summed E-state index contributed by atoms with van der Waals surface area (Å²) in [7, 11) is 0. The van der Waals surface area contributed by atoms with E-state index in [1.807, 2.05) is 65.8 Å². The fourth-order valence-corrected chi connectivity index (χ4v) is 5.61. The van der Waals surface area contributed by atoms with Gasteiger partial charge in [-0.3, -0.25) is 9.59 Å². The molecule has 2 amide bonds. The number of nitrogens with zero attached hydrogens (tertiary/aromatic N) is 4. The van der Waals surface area contributed by atoms with Crippen molar-refractivity contribution in [3.05, 3.63) is 60.2 Å². The third-order valence-electron chi connectivity index (χ3n) is 4.95. The molecule has 2 aromatic carbocycles. The van der Waals surface area contributed by atoms with Crippen molar-refractivity contribution in [1.29, 1.82) is 0 Å². The van der Waals surface area contributed by atoms with Crippen molar-refractivity contribution in [2.75, 3.05) is 48.4 Å². The predicted molar refractivity (Wildman–Crippen MR) is 132 cm³/mol. The maximum Gasteiger partial charge on any atom is 0.255 e. The molecule has 3 aromatic rings. The van der Waals surface area contributed by atoms with Gasteiger partial charge in [-0.25, -0.2) is 0 Å². The molecule has 4 rings (SSSR count). The van der Waals surface area contributed by atoms with Gasteiger partial charge in [-0.2, -0.15) is 0 Å². The lowest BCUT2D eigenvalue weighted by atomic mass is 10.2. The minimum Gasteiger partial charge on any atom is -0.343 e.